The van der Waals surface area contributed by atoms with Crippen LogP contribution in [0.15, 0.2) is 52.3 Å². The zero-order valence-corrected chi connectivity index (χ0v) is 18.8. The number of benzene rings is 2. The summed E-state index contributed by atoms with van der Waals surface area (Å²) in [6.07, 6.45) is 2.06. The summed E-state index contributed by atoms with van der Waals surface area (Å²) in [4.78, 5) is 26.3. The highest BCUT2D eigenvalue weighted by atomic mass is 16.1. The van der Waals surface area contributed by atoms with Gasteiger partial charge in [0.1, 0.15) is 5.36 Å². The van der Waals surface area contributed by atoms with E-state index in [9.17, 15) is 4.79 Å². The molecule has 1 aliphatic rings. The normalized spacial score (nSPS) is 13.5. The number of anilines is 2. The molecule has 0 aliphatic carbocycles. The second kappa shape index (κ2) is 8.50. The number of aromatic amines is 1. The fourth-order valence-corrected chi connectivity index (χ4v) is 4.41. The Kier molecular flexibility index (Phi) is 5.77. The van der Waals surface area contributed by atoms with Crippen molar-refractivity contribution >= 4 is 23.8 Å². The second-order valence-corrected chi connectivity index (χ2v) is 9.03. The number of fused-ring (bicyclic) bond motifs is 2. The van der Waals surface area contributed by atoms with Gasteiger partial charge in [0, 0.05) is 6.54 Å². The minimum absolute atomic E-state index is 0.389. The Hall–Kier alpha value is -3.21. The third kappa shape index (κ3) is 4.46. The van der Waals surface area contributed by atoms with Crippen LogP contribution in [0.2, 0.25) is 0 Å². The molecule has 0 spiro atoms. The van der Waals surface area contributed by atoms with E-state index in [0.717, 1.165) is 30.8 Å². The Morgan fingerprint density at radius 2 is 1.81 bits per heavy atom. The molecular formula is C26H30N4O. The number of nitrogens with one attached hydrogen (secondary N) is 1. The predicted molar refractivity (Wildman–Crippen MR) is 127 cm³/mol. The third-order valence-corrected chi connectivity index (χ3v) is 5.95. The monoisotopic (exact) mass is 414 g/mol. The fourth-order valence-electron chi connectivity index (χ4n) is 4.41. The summed E-state index contributed by atoms with van der Waals surface area (Å²) in [5.74, 6) is 1.57. The molecule has 3 aromatic rings. The van der Waals surface area contributed by atoms with Gasteiger partial charge in [0.25, 0.3) is 0 Å². The van der Waals surface area contributed by atoms with E-state index in [4.69, 9.17) is 4.99 Å². The van der Waals surface area contributed by atoms with E-state index in [1.165, 1.54) is 16.7 Å². The van der Waals surface area contributed by atoms with Crippen LogP contribution in [0, 0.1) is 25.7 Å². The third-order valence-electron chi connectivity index (χ3n) is 5.95. The average Bonchev–Trinajstić information content (AvgIpc) is 2.70. The standard InChI is InChI=1S/C26H30N4O/c1-16(2)11-21(14-20-9-7-6-8-10-20)15-30-23-13-18(4)17(3)12-22(23)28-24-19(5)27-26(31)29-25(24)30/h6-10,12-13,16,21H,5,11,14-15H2,1-4H3,(H,27,31). The Labute approximate surface area is 183 Å². The van der Waals surface area contributed by atoms with Gasteiger partial charge in [-0.15, -0.1) is 0 Å². The van der Waals surface area contributed by atoms with Gasteiger partial charge in [-0.3, -0.25) is 0 Å². The molecule has 0 fully saturated rings. The Morgan fingerprint density at radius 3 is 2.52 bits per heavy atom. The van der Waals surface area contributed by atoms with Crippen molar-refractivity contribution in [2.75, 3.05) is 11.4 Å². The smallest absolute Gasteiger partial charge is 0.322 e. The van der Waals surface area contributed by atoms with Crippen molar-refractivity contribution < 1.29 is 0 Å². The zero-order valence-electron chi connectivity index (χ0n) is 18.8. The van der Waals surface area contributed by atoms with Crippen molar-refractivity contribution in [1.29, 1.82) is 0 Å². The molecule has 0 saturated carbocycles. The van der Waals surface area contributed by atoms with Gasteiger partial charge in [-0.25, -0.2) is 9.79 Å². The van der Waals surface area contributed by atoms with Crippen LogP contribution in [0.4, 0.5) is 17.2 Å². The van der Waals surface area contributed by atoms with Crippen molar-refractivity contribution in [3.63, 3.8) is 0 Å². The van der Waals surface area contributed by atoms with E-state index >= 15 is 0 Å². The molecule has 1 unspecified atom stereocenters. The number of nitrogens with zero attached hydrogens (tertiary/aromatic N) is 3. The molecule has 5 heteroatoms. The molecule has 1 N–H and O–H groups in total. The number of hydrogen-bond acceptors (Lipinski definition) is 4. The zero-order chi connectivity index (χ0) is 22.1. The molecule has 0 radical (unpaired) electrons. The van der Waals surface area contributed by atoms with E-state index in [1.54, 1.807) is 0 Å². The van der Waals surface area contributed by atoms with Crippen LogP contribution in [-0.4, -0.2) is 16.5 Å². The van der Waals surface area contributed by atoms with Crippen molar-refractivity contribution in [2.24, 2.45) is 16.8 Å². The minimum atomic E-state index is -0.389. The maximum absolute atomic E-state index is 12.2. The quantitative estimate of drug-likeness (QED) is 0.660. The molecule has 31 heavy (non-hydrogen) atoms. The first-order chi connectivity index (χ1) is 14.8. The number of aromatic nitrogens is 2. The molecular weight excluding hydrogens is 384 g/mol. The highest BCUT2D eigenvalue weighted by molar-refractivity contribution is 5.77. The van der Waals surface area contributed by atoms with Crippen molar-refractivity contribution in [3.8, 4) is 0 Å². The molecule has 2 heterocycles. The first-order valence-electron chi connectivity index (χ1n) is 10.9. The van der Waals surface area contributed by atoms with Crippen molar-refractivity contribution in [3.05, 3.63) is 80.3 Å². The summed E-state index contributed by atoms with van der Waals surface area (Å²) >= 11 is 0. The van der Waals surface area contributed by atoms with Crippen LogP contribution in [-0.2, 0) is 6.42 Å². The summed E-state index contributed by atoms with van der Waals surface area (Å²) in [5.41, 5.74) is 5.24. The topological polar surface area (TPSA) is 61.4 Å². The van der Waals surface area contributed by atoms with Crippen LogP contribution >= 0.6 is 0 Å². The van der Waals surface area contributed by atoms with Crippen LogP contribution in [0.5, 0.6) is 0 Å². The van der Waals surface area contributed by atoms with Crippen LogP contribution < -0.4 is 21.3 Å². The molecule has 1 atom stereocenters. The number of H-pyrrole nitrogens is 1. The number of aryl methyl sites for hydroxylation is 2. The summed E-state index contributed by atoms with van der Waals surface area (Å²) in [6, 6.07) is 14.9. The van der Waals surface area contributed by atoms with Gasteiger partial charge >= 0.3 is 5.69 Å². The maximum Gasteiger partial charge on any atom is 0.347 e. The average molecular weight is 415 g/mol. The molecule has 4 rings (SSSR count). The molecule has 1 aliphatic heterocycles. The predicted octanol–water partition coefficient (Wildman–Crippen LogP) is 4.10. The van der Waals surface area contributed by atoms with Crippen LogP contribution in [0.25, 0.3) is 6.58 Å². The van der Waals surface area contributed by atoms with Gasteiger partial charge in [0.15, 0.2) is 5.82 Å². The molecule has 1 aromatic heterocycles. The lowest BCUT2D eigenvalue weighted by atomic mass is 9.90. The van der Waals surface area contributed by atoms with E-state index in [2.05, 4.69) is 91.6 Å². The van der Waals surface area contributed by atoms with Gasteiger partial charge < -0.3 is 9.88 Å². The number of hydrogen-bond donors (Lipinski definition) is 1. The van der Waals surface area contributed by atoms with Gasteiger partial charge in [-0.05, 0) is 67.3 Å². The molecule has 5 nitrogen and oxygen atoms in total. The fraction of sp³-hybridized carbons (Fsp3) is 0.346. The molecule has 0 bridgehead atoms. The lowest BCUT2D eigenvalue weighted by Crippen LogP contribution is -2.43. The van der Waals surface area contributed by atoms with E-state index in [0.29, 0.717) is 28.4 Å². The summed E-state index contributed by atoms with van der Waals surface area (Å²) in [6.45, 7) is 13.5. The number of rotatable bonds is 6. The highest BCUT2D eigenvalue weighted by Gasteiger charge is 2.26. The van der Waals surface area contributed by atoms with E-state index in [1.807, 2.05) is 0 Å². The second-order valence-electron chi connectivity index (χ2n) is 9.03. The van der Waals surface area contributed by atoms with E-state index in [-0.39, 0.29) is 5.69 Å². The van der Waals surface area contributed by atoms with Crippen LogP contribution in [0.1, 0.15) is 37.0 Å². The van der Waals surface area contributed by atoms with Gasteiger partial charge in [-0.2, -0.15) is 4.98 Å². The maximum atomic E-state index is 12.2. The lowest BCUT2D eigenvalue weighted by molar-refractivity contribution is 0.412. The van der Waals surface area contributed by atoms with Gasteiger partial charge in [0.2, 0.25) is 0 Å². The summed E-state index contributed by atoms with van der Waals surface area (Å²) in [5, 5.41) is 1.16. The first-order valence-corrected chi connectivity index (χ1v) is 10.9. The molecule has 0 amide bonds. The van der Waals surface area contributed by atoms with E-state index < -0.39 is 0 Å². The van der Waals surface area contributed by atoms with Gasteiger partial charge in [-0.1, -0.05) is 50.8 Å². The largest absolute Gasteiger partial charge is 0.347 e. The molecule has 160 valence electrons. The minimum Gasteiger partial charge on any atom is -0.322 e. The van der Waals surface area contributed by atoms with Gasteiger partial charge in [0.05, 0.1) is 16.7 Å². The summed E-state index contributed by atoms with van der Waals surface area (Å²) in [7, 11) is 0. The Morgan fingerprint density at radius 1 is 1.10 bits per heavy atom. The van der Waals surface area contributed by atoms with Crippen LogP contribution in [0.3, 0.4) is 0 Å². The summed E-state index contributed by atoms with van der Waals surface area (Å²) < 4.78 is 0. The van der Waals surface area contributed by atoms with Crippen molar-refractivity contribution in [2.45, 2.75) is 40.5 Å². The lowest BCUT2D eigenvalue weighted by Gasteiger charge is -2.32. The first kappa shape index (κ1) is 21.0. The molecule has 0 saturated heterocycles. The Balaban J connectivity index is 1.82. The van der Waals surface area contributed by atoms with Crippen molar-refractivity contribution in [1.82, 2.24) is 9.97 Å². The Bertz CT molecular complexity index is 1260. The molecule has 2 aromatic carbocycles. The SMILES string of the molecule is C=c1[nH]c(=O)nc2c1=Nc1cc(C)c(C)cc1N2CC(Cc1ccccc1)CC(C)C. The highest BCUT2D eigenvalue weighted by Crippen LogP contribution is 2.38.